The molecule has 0 bridgehead atoms. The van der Waals surface area contributed by atoms with Crippen molar-refractivity contribution in [2.24, 2.45) is 0 Å². The summed E-state index contributed by atoms with van der Waals surface area (Å²) in [6.07, 6.45) is 0. The van der Waals surface area contributed by atoms with Gasteiger partial charge in [-0.1, -0.05) is 30.3 Å². The molecule has 0 aromatic heterocycles. The summed E-state index contributed by atoms with van der Waals surface area (Å²) in [6.45, 7) is 1.37. The Morgan fingerprint density at radius 2 is 1.89 bits per heavy atom. The van der Waals surface area contributed by atoms with Crippen LogP contribution in [0.5, 0.6) is 11.5 Å². The Bertz CT molecular complexity index is 554. The third-order valence-corrected chi connectivity index (χ3v) is 3.97. The fraction of sp³-hybridized carbons (Fsp3) is 0.200. The number of fused-ring (bicyclic) bond motifs is 1. The van der Waals surface area contributed by atoms with Gasteiger partial charge in [-0.25, -0.2) is 0 Å². The SMILES string of the molecule is Ic1ccccc1OCC1COc2ccccc21. The molecule has 0 amide bonds. The Morgan fingerprint density at radius 1 is 1.11 bits per heavy atom. The second-order valence-electron chi connectivity index (χ2n) is 4.29. The van der Waals surface area contributed by atoms with E-state index in [1.807, 2.05) is 36.4 Å². The Morgan fingerprint density at radius 3 is 2.78 bits per heavy atom. The van der Waals surface area contributed by atoms with Crippen molar-refractivity contribution in [3.05, 3.63) is 57.7 Å². The van der Waals surface area contributed by atoms with Crippen molar-refractivity contribution in [2.75, 3.05) is 13.2 Å². The summed E-state index contributed by atoms with van der Waals surface area (Å²) in [4.78, 5) is 0. The zero-order chi connectivity index (χ0) is 12.4. The van der Waals surface area contributed by atoms with Crippen molar-refractivity contribution >= 4 is 22.6 Å². The molecule has 1 unspecified atom stereocenters. The molecule has 2 aromatic carbocycles. The van der Waals surface area contributed by atoms with Crippen molar-refractivity contribution in [1.82, 2.24) is 0 Å². The van der Waals surface area contributed by atoms with E-state index < -0.39 is 0 Å². The quantitative estimate of drug-likeness (QED) is 0.782. The molecule has 1 heterocycles. The van der Waals surface area contributed by atoms with E-state index in [1.165, 1.54) is 5.56 Å². The average Bonchev–Trinajstić information content (AvgIpc) is 2.81. The largest absolute Gasteiger partial charge is 0.493 e. The van der Waals surface area contributed by atoms with E-state index >= 15 is 0 Å². The molecular formula is C15H13IO2. The van der Waals surface area contributed by atoms with Crippen LogP contribution in [0.1, 0.15) is 11.5 Å². The molecular weight excluding hydrogens is 339 g/mol. The zero-order valence-corrected chi connectivity index (χ0v) is 12.0. The van der Waals surface area contributed by atoms with Gasteiger partial charge in [0.1, 0.15) is 11.5 Å². The van der Waals surface area contributed by atoms with E-state index in [0.717, 1.165) is 15.1 Å². The maximum atomic E-state index is 5.89. The molecule has 1 atom stereocenters. The molecule has 1 aliphatic heterocycles. The van der Waals surface area contributed by atoms with Crippen molar-refractivity contribution in [3.8, 4) is 11.5 Å². The Labute approximate surface area is 120 Å². The minimum atomic E-state index is 0.331. The standard InChI is InChI=1S/C15H13IO2/c16-13-6-2-4-8-15(13)18-10-11-9-17-14-7-3-1-5-12(11)14/h1-8,11H,9-10H2. The van der Waals surface area contributed by atoms with Crippen LogP contribution < -0.4 is 9.47 Å². The van der Waals surface area contributed by atoms with Gasteiger partial charge in [-0.15, -0.1) is 0 Å². The lowest BCUT2D eigenvalue weighted by Gasteiger charge is -2.12. The highest BCUT2D eigenvalue weighted by Gasteiger charge is 2.24. The van der Waals surface area contributed by atoms with Crippen molar-refractivity contribution in [1.29, 1.82) is 0 Å². The third kappa shape index (κ3) is 2.32. The first-order valence-corrected chi connectivity index (χ1v) is 7.01. The maximum Gasteiger partial charge on any atom is 0.132 e. The summed E-state index contributed by atoms with van der Waals surface area (Å²) >= 11 is 2.29. The number of ether oxygens (including phenoxy) is 2. The van der Waals surface area contributed by atoms with Crippen molar-refractivity contribution in [3.63, 3.8) is 0 Å². The van der Waals surface area contributed by atoms with Gasteiger partial charge in [0.2, 0.25) is 0 Å². The molecule has 2 nitrogen and oxygen atoms in total. The minimum absolute atomic E-state index is 0.331. The van der Waals surface area contributed by atoms with E-state index in [2.05, 4.69) is 34.7 Å². The molecule has 3 rings (SSSR count). The second-order valence-corrected chi connectivity index (χ2v) is 5.45. The first-order chi connectivity index (χ1) is 8.84. The first kappa shape index (κ1) is 11.8. The summed E-state index contributed by atoms with van der Waals surface area (Å²) in [6, 6.07) is 16.3. The summed E-state index contributed by atoms with van der Waals surface area (Å²) in [5, 5.41) is 0. The third-order valence-electron chi connectivity index (χ3n) is 3.08. The molecule has 1 aliphatic rings. The smallest absolute Gasteiger partial charge is 0.132 e. The van der Waals surface area contributed by atoms with Gasteiger partial charge >= 0.3 is 0 Å². The van der Waals surface area contributed by atoms with Crippen molar-refractivity contribution < 1.29 is 9.47 Å². The van der Waals surface area contributed by atoms with Gasteiger partial charge in [0.15, 0.2) is 0 Å². The van der Waals surface area contributed by atoms with E-state index in [9.17, 15) is 0 Å². The molecule has 0 fully saturated rings. The van der Waals surface area contributed by atoms with Gasteiger partial charge < -0.3 is 9.47 Å². The molecule has 0 saturated carbocycles. The van der Waals surface area contributed by atoms with Gasteiger partial charge in [-0.2, -0.15) is 0 Å². The van der Waals surface area contributed by atoms with Gasteiger partial charge in [0.25, 0.3) is 0 Å². The average molecular weight is 352 g/mol. The van der Waals surface area contributed by atoms with Crippen LogP contribution in [0, 0.1) is 3.57 Å². The van der Waals surface area contributed by atoms with Gasteiger partial charge in [-0.05, 0) is 40.8 Å². The number of rotatable bonds is 3. The van der Waals surface area contributed by atoms with E-state index in [0.29, 0.717) is 19.1 Å². The lowest BCUT2D eigenvalue weighted by Crippen LogP contribution is -2.12. The fourth-order valence-corrected chi connectivity index (χ4v) is 2.66. The van der Waals surface area contributed by atoms with Crippen LogP contribution in [0.25, 0.3) is 0 Å². The number of benzene rings is 2. The number of hydrogen-bond donors (Lipinski definition) is 0. The molecule has 2 aromatic rings. The highest BCUT2D eigenvalue weighted by Crippen LogP contribution is 2.34. The summed E-state index contributed by atoms with van der Waals surface area (Å²) < 4.78 is 12.7. The Kier molecular flexibility index (Phi) is 3.41. The number of hydrogen-bond acceptors (Lipinski definition) is 2. The van der Waals surface area contributed by atoms with Crippen LogP contribution in [-0.4, -0.2) is 13.2 Å². The van der Waals surface area contributed by atoms with Crippen LogP contribution in [-0.2, 0) is 0 Å². The van der Waals surface area contributed by atoms with E-state index in [-0.39, 0.29) is 0 Å². The first-order valence-electron chi connectivity index (χ1n) is 5.93. The van der Waals surface area contributed by atoms with Crippen LogP contribution >= 0.6 is 22.6 Å². The molecule has 3 heteroatoms. The fourth-order valence-electron chi connectivity index (χ4n) is 2.12. The van der Waals surface area contributed by atoms with Crippen LogP contribution in [0.2, 0.25) is 0 Å². The van der Waals surface area contributed by atoms with Crippen LogP contribution in [0.15, 0.2) is 48.5 Å². The van der Waals surface area contributed by atoms with Gasteiger partial charge in [-0.3, -0.25) is 0 Å². The molecule has 0 saturated heterocycles. The molecule has 0 spiro atoms. The lowest BCUT2D eigenvalue weighted by atomic mass is 10.0. The molecule has 0 radical (unpaired) electrons. The van der Waals surface area contributed by atoms with Gasteiger partial charge in [0, 0.05) is 5.56 Å². The molecule has 0 N–H and O–H groups in total. The monoisotopic (exact) mass is 352 g/mol. The Balaban J connectivity index is 1.71. The molecule has 92 valence electrons. The topological polar surface area (TPSA) is 18.5 Å². The number of para-hydroxylation sites is 2. The maximum absolute atomic E-state index is 5.89. The van der Waals surface area contributed by atoms with E-state index in [4.69, 9.17) is 9.47 Å². The predicted molar refractivity (Wildman–Crippen MR) is 79.3 cm³/mol. The predicted octanol–water partition coefficient (Wildman–Crippen LogP) is 3.85. The highest BCUT2D eigenvalue weighted by molar-refractivity contribution is 14.1. The lowest BCUT2D eigenvalue weighted by molar-refractivity contribution is 0.247. The summed E-state index contributed by atoms with van der Waals surface area (Å²) in [7, 11) is 0. The molecule has 18 heavy (non-hydrogen) atoms. The van der Waals surface area contributed by atoms with Crippen molar-refractivity contribution in [2.45, 2.75) is 5.92 Å². The van der Waals surface area contributed by atoms with Crippen LogP contribution in [0.4, 0.5) is 0 Å². The van der Waals surface area contributed by atoms with Gasteiger partial charge in [0.05, 0.1) is 22.7 Å². The zero-order valence-electron chi connectivity index (χ0n) is 9.80. The molecule has 0 aliphatic carbocycles. The normalized spacial score (nSPS) is 17.1. The van der Waals surface area contributed by atoms with E-state index in [1.54, 1.807) is 0 Å². The second kappa shape index (κ2) is 5.18. The van der Waals surface area contributed by atoms with Crippen LogP contribution in [0.3, 0.4) is 0 Å². The highest BCUT2D eigenvalue weighted by atomic mass is 127. The Hall–Kier alpha value is -1.23. The minimum Gasteiger partial charge on any atom is -0.493 e. The summed E-state index contributed by atoms with van der Waals surface area (Å²) in [5.41, 5.74) is 1.25. The summed E-state index contributed by atoms with van der Waals surface area (Å²) in [5.74, 6) is 2.27. The number of halogens is 1.